The molecule has 0 unspecified atom stereocenters. The molecule has 1 aliphatic rings. The topological polar surface area (TPSA) is 26.0 Å². The third-order valence-electron chi connectivity index (χ3n) is 2.46. The lowest BCUT2D eigenvalue weighted by Gasteiger charge is -2.10. The molecule has 0 spiro atoms. The van der Waals surface area contributed by atoms with Crippen molar-refractivity contribution in [3.63, 3.8) is 0 Å². The lowest BCUT2D eigenvalue weighted by atomic mass is 10.0. The molecule has 1 aliphatic carbocycles. The first kappa shape index (κ1) is 8.97. The Hall–Kier alpha value is -0.600. The van der Waals surface area contributed by atoms with Gasteiger partial charge in [-0.05, 0) is 36.5 Å². The quantitative estimate of drug-likeness (QED) is 0.779. The van der Waals surface area contributed by atoms with Gasteiger partial charge in [0, 0.05) is 6.04 Å². The van der Waals surface area contributed by atoms with Crippen LogP contribution >= 0.6 is 11.6 Å². The lowest BCUT2D eigenvalue weighted by Crippen LogP contribution is -2.12. The van der Waals surface area contributed by atoms with E-state index in [1.54, 1.807) is 12.1 Å². The van der Waals surface area contributed by atoms with Gasteiger partial charge in [0.1, 0.15) is 5.82 Å². The Bertz CT molecular complexity index is 323. The van der Waals surface area contributed by atoms with Gasteiger partial charge in [-0.15, -0.1) is 0 Å². The number of benzene rings is 1. The highest BCUT2D eigenvalue weighted by molar-refractivity contribution is 6.30. The van der Waals surface area contributed by atoms with Gasteiger partial charge in [-0.1, -0.05) is 17.7 Å². The Kier molecular flexibility index (Phi) is 2.26. The van der Waals surface area contributed by atoms with Crippen molar-refractivity contribution in [1.82, 2.24) is 0 Å². The number of hydrogen-bond acceptors (Lipinski definition) is 1. The summed E-state index contributed by atoms with van der Waals surface area (Å²) in [6.07, 6.45) is 2.32. The second-order valence-electron chi connectivity index (χ2n) is 3.54. The Labute approximate surface area is 81.7 Å². The van der Waals surface area contributed by atoms with Gasteiger partial charge in [0.05, 0.1) is 5.02 Å². The van der Waals surface area contributed by atoms with Crippen LogP contribution in [0.15, 0.2) is 18.2 Å². The largest absolute Gasteiger partial charge is 0.324 e. The second-order valence-corrected chi connectivity index (χ2v) is 3.94. The SMILES string of the molecule is N[C@@H](c1ccc(Cl)c(F)c1)C1CC1. The molecule has 2 rings (SSSR count). The third-order valence-corrected chi connectivity index (χ3v) is 2.76. The molecule has 0 saturated heterocycles. The van der Waals surface area contributed by atoms with Crippen molar-refractivity contribution in [3.05, 3.63) is 34.6 Å². The summed E-state index contributed by atoms with van der Waals surface area (Å²) in [6.45, 7) is 0. The first-order valence-corrected chi connectivity index (χ1v) is 4.77. The van der Waals surface area contributed by atoms with Crippen molar-refractivity contribution >= 4 is 11.6 Å². The minimum Gasteiger partial charge on any atom is -0.324 e. The van der Waals surface area contributed by atoms with Gasteiger partial charge in [0.2, 0.25) is 0 Å². The van der Waals surface area contributed by atoms with Crippen molar-refractivity contribution in [2.24, 2.45) is 11.7 Å². The Morgan fingerprint density at radius 3 is 2.69 bits per heavy atom. The van der Waals surface area contributed by atoms with Gasteiger partial charge >= 0.3 is 0 Å². The van der Waals surface area contributed by atoms with Crippen LogP contribution in [-0.4, -0.2) is 0 Å². The van der Waals surface area contributed by atoms with Crippen molar-refractivity contribution in [2.45, 2.75) is 18.9 Å². The summed E-state index contributed by atoms with van der Waals surface area (Å²) in [5, 5.41) is 0.159. The number of nitrogens with two attached hydrogens (primary N) is 1. The average molecular weight is 200 g/mol. The minimum atomic E-state index is -0.379. The molecule has 1 nitrogen and oxygen atoms in total. The zero-order chi connectivity index (χ0) is 9.42. The third kappa shape index (κ3) is 1.84. The van der Waals surface area contributed by atoms with E-state index < -0.39 is 0 Å². The predicted molar refractivity (Wildman–Crippen MR) is 51.1 cm³/mol. The van der Waals surface area contributed by atoms with Crippen molar-refractivity contribution < 1.29 is 4.39 Å². The standard InChI is InChI=1S/C10H11ClFN/c11-8-4-3-7(5-9(8)12)10(13)6-1-2-6/h3-6,10H,1-2,13H2/t10-/m1/s1. The fourth-order valence-corrected chi connectivity index (χ4v) is 1.56. The first-order valence-electron chi connectivity index (χ1n) is 4.39. The monoisotopic (exact) mass is 199 g/mol. The molecule has 0 bridgehead atoms. The summed E-state index contributed by atoms with van der Waals surface area (Å²) in [5.41, 5.74) is 6.76. The zero-order valence-electron chi connectivity index (χ0n) is 7.13. The highest BCUT2D eigenvalue weighted by atomic mass is 35.5. The second kappa shape index (κ2) is 3.28. The smallest absolute Gasteiger partial charge is 0.142 e. The maximum atomic E-state index is 13.0. The molecule has 0 heterocycles. The molecule has 13 heavy (non-hydrogen) atoms. The molecule has 0 amide bonds. The van der Waals surface area contributed by atoms with E-state index >= 15 is 0 Å². The molecule has 0 radical (unpaired) electrons. The molecular weight excluding hydrogens is 189 g/mol. The van der Waals surface area contributed by atoms with Gasteiger partial charge in [-0.2, -0.15) is 0 Å². The normalized spacial score (nSPS) is 18.7. The van der Waals surface area contributed by atoms with Crippen LogP contribution in [0.4, 0.5) is 4.39 Å². The van der Waals surface area contributed by atoms with Crippen molar-refractivity contribution in [1.29, 1.82) is 0 Å². The number of halogens is 2. The predicted octanol–water partition coefficient (Wildman–Crippen LogP) is 2.89. The molecule has 70 valence electrons. The highest BCUT2D eigenvalue weighted by Crippen LogP contribution is 2.39. The number of hydrogen-bond donors (Lipinski definition) is 1. The minimum absolute atomic E-state index is 0.0215. The first-order chi connectivity index (χ1) is 6.18. The Balaban J connectivity index is 2.24. The average Bonchev–Trinajstić information content (AvgIpc) is 2.91. The molecule has 1 atom stereocenters. The van der Waals surface area contributed by atoms with Crippen LogP contribution < -0.4 is 5.73 Å². The van der Waals surface area contributed by atoms with E-state index in [0.29, 0.717) is 5.92 Å². The molecule has 1 aromatic rings. The van der Waals surface area contributed by atoms with Crippen LogP contribution in [0.25, 0.3) is 0 Å². The zero-order valence-corrected chi connectivity index (χ0v) is 7.89. The van der Waals surface area contributed by atoms with Gasteiger partial charge in [-0.3, -0.25) is 0 Å². The fourth-order valence-electron chi connectivity index (χ4n) is 1.45. The Morgan fingerprint density at radius 1 is 1.46 bits per heavy atom. The molecule has 0 aromatic heterocycles. The summed E-state index contributed by atoms with van der Waals surface area (Å²) in [6, 6.07) is 4.78. The van der Waals surface area contributed by atoms with Crippen LogP contribution in [0.5, 0.6) is 0 Å². The Morgan fingerprint density at radius 2 is 2.15 bits per heavy atom. The maximum absolute atomic E-state index is 13.0. The number of rotatable bonds is 2. The van der Waals surface area contributed by atoms with Crippen LogP contribution in [0.2, 0.25) is 5.02 Å². The summed E-state index contributed by atoms with van der Waals surface area (Å²) >= 11 is 5.56. The van der Waals surface area contributed by atoms with Crippen LogP contribution in [0.1, 0.15) is 24.4 Å². The van der Waals surface area contributed by atoms with E-state index in [2.05, 4.69) is 0 Å². The van der Waals surface area contributed by atoms with Gasteiger partial charge in [0.25, 0.3) is 0 Å². The summed E-state index contributed by atoms with van der Waals surface area (Å²) in [5.74, 6) is 0.163. The molecule has 1 fully saturated rings. The molecule has 3 heteroatoms. The molecule has 0 aliphatic heterocycles. The van der Waals surface area contributed by atoms with E-state index in [9.17, 15) is 4.39 Å². The summed E-state index contributed by atoms with van der Waals surface area (Å²) in [4.78, 5) is 0. The van der Waals surface area contributed by atoms with Crippen LogP contribution in [0.3, 0.4) is 0 Å². The van der Waals surface area contributed by atoms with Gasteiger partial charge in [-0.25, -0.2) is 4.39 Å². The molecule has 1 aromatic carbocycles. The molecule has 1 saturated carbocycles. The van der Waals surface area contributed by atoms with E-state index in [4.69, 9.17) is 17.3 Å². The summed E-state index contributed by atoms with van der Waals surface area (Å²) in [7, 11) is 0. The molecular formula is C10H11ClFN. The van der Waals surface area contributed by atoms with E-state index in [-0.39, 0.29) is 16.9 Å². The lowest BCUT2D eigenvalue weighted by molar-refractivity contribution is 0.602. The highest BCUT2D eigenvalue weighted by Gasteiger charge is 2.29. The van der Waals surface area contributed by atoms with Crippen LogP contribution in [-0.2, 0) is 0 Å². The van der Waals surface area contributed by atoms with Crippen LogP contribution in [0, 0.1) is 11.7 Å². The summed E-state index contributed by atoms with van der Waals surface area (Å²) < 4.78 is 13.0. The van der Waals surface area contributed by atoms with E-state index in [0.717, 1.165) is 18.4 Å². The van der Waals surface area contributed by atoms with Crippen molar-refractivity contribution in [2.75, 3.05) is 0 Å². The van der Waals surface area contributed by atoms with Crippen molar-refractivity contribution in [3.8, 4) is 0 Å². The van der Waals surface area contributed by atoms with Gasteiger partial charge in [0.15, 0.2) is 0 Å². The maximum Gasteiger partial charge on any atom is 0.142 e. The van der Waals surface area contributed by atoms with Gasteiger partial charge < -0.3 is 5.73 Å². The molecule has 2 N–H and O–H groups in total. The van der Waals surface area contributed by atoms with E-state index in [1.165, 1.54) is 6.07 Å². The fraction of sp³-hybridized carbons (Fsp3) is 0.400. The van der Waals surface area contributed by atoms with E-state index in [1.807, 2.05) is 0 Å².